The van der Waals surface area contributed by atoms with Crippen LogP contribution in [0.5, 0.6) is 0 Å². The lowest BCUT2D eigenvalue weighted by Crippen LogP contribution is -2.44. The zero-order chi connectivity index (χ0) is 13.0. The van der Waals surface area contributed by atoms with Gasteiger partial charge in [-0.3, -0.25) is 4.90 Å². The second-order valence-electron chi connectivity index (χ2n) is 5.34. The third-order valence-electron chi connectivity index (χ3n) is 4.09. The van der Waals surface area contributed by atoms with Crippen molar-refractivity contribution in [2.45, 2.75) is 33.2 Å². The normalized spacial score (nSPS) is 18.2. The molecular weight excluding hydrogens is 220 g/mol. The third-order valence-corrected chi connectivity index (χ3v) is 4.09. The van der Waals surface area contributed by atoms with Crippen molar-refractivity contribution in [1.82, 2.24) is 9.80 Å². The van der Waals surface area contributed by atoms with E-state index in [4.69, 9.17) is 0 Å². The summed E-state index contributed by atoms with van der Waals surface area (Å²) in [5.74, 6) is 0. The molecule has 0 bridgehead atoms. The summed E-state index contributed by atoms with van der Waals surface area (Å²) < 4.78 is 0. The van der Waals surface area contributed by atoms with Crippen molar-refractivity contribution in [3.05, 3.63) is 34.9 Å². The van der Waals surface area contributed by atoms with E-state index in [-0.39, 0.29) is 0 Å². The molecule has 0 unspecified atom stereocenters. The van der Waals surface area contributed by atoms with Crippen molar-refractivity contribution in [2.24, 2.45) is 0 Å². The number of benzene rings is 1. The Bertz CT molecular complexity index is 379. The Hall–Kier alpha value is -0.860. The predicted molar refractivity (Wildman–Crippen MR) is 78.0 cm³/mol. The second kappa shape index (κ2) is 6.35. The summed E-state index contributed by atoms with van der Waals surface area (Å²) in [6, 6.07) is 6.83. The highest BCUT2D eigenvalue weighted by atomic mass is 15.2. The summed E-state index contributed by atoms with van der Waals surface area (Å²) in [7, 11) is 2.21. The number of likely N-dealkylation sites (N-methyl/N-ethyl adjacent to an activating group) is 1. The first-order valence-electron chi connectivity index (χ1n) is 7.25. The number of piperazine rings is 1. The summed E-state index contributed by atoms with van der Waals surface area (Å²) in [5.41, 5.74) is 4.66. The fraction of sp³-hybridized carbons (Fsp3) is 0.625. The van der Waals surface area contributed by atoms with Crippen molar-refractivity contribution < 1.29 is 0 Å². The minimum Gasteiger partial charge on any atom is -0.304 e. The largest absolute Gasteiger partial charge is 0.304 e. The first-order chi connectivity index (χ1) is 8.74. The molecule has 0 amide bonds. The van der Waals surface area contributed by atoms with Crippen molar-refractivity contribution in [3.63, 3.8) is 0 Å². The highest BCUT2D eigenvalue weighted by Gasteiger charge is 2.15. The zero-order valence-corrected chi connectivity index (χ0v) is 12.1. The van der Waals surface area contributed by atoms with E-state index in [0.29, 0.717) is 0 Å². The van der Waals surface area contributed by atoms with Crippen LogP contribution in [0.25, 0.3) is 0 Å². The van der Waals surface area contributed by atoms with Gasteiger partial charge in [0.25, 0.3) is 0 Å². The van der Waals surface area contributed by atoms with E-state index in [0.717, 1.165) is 19.4 Å². The van der Waals surface area contributed by atoms with Gasteiger partial charge < -0.3 is 4.90 Å². The summed E-state index contributed by atoms with van der Waals surface area (Å²) in [4.78, 5) is 5.01. The molecule has 1 saturated heterocycles. The monoisotopic (exact) mass is 246 g/mol. The number of nitrogens with zero attached hydrogens (tertiary/aromatic N) is 2. The Morgan fingerprint density at radius 2 is 1.61 bits per heavy atom. The number of hydrogen-bond donors (Lipinski definition) is 0. The lowest BCUT2D eigenvalue weighted by molar-refractivity contribution is 0.148. The van der Waals surface area contributed by atoms with Crippen molar-refractivity contribution in [1.29, 1.82) is 0 Å². The highest BCUT2D eigenvalue weighted by molar-refractivity contribution is 5.35. The fourth-order valence-electron chi connectivity index (χ4n) is 2.87. The lowest BCUT2D eigenvalue weighted by atomic mass is 9.96. The number of aryl methyl sites for hydroxylation is 1. The van der Waals surface area contributed by atoms with Crippen LogP contribution in [-0.2, 0) is 19.4 Å². The van der Waals surface area contributed by atoms with Crippen molar-refractivity contribution in [2.75, 3.05) is 33.2 Å². The Morgan fingerprint density at radius 1 is 0.944 bits per heavy atom. The van der Waals surface area contributed by atoms with Crippen LogP contribution in [-0.4, -0.2) is 43.0 Å². The standard InChI is InChI=1S/C16H26N2/c1-4-14-7-6-8-15(16(14)5-2)13-18-11-9-17(3)10-12-18/h6-8H,4-5,9-13H2,1-3H3. The minimum absolute atomic E-state index is 1.13. The summed E-state index contributed by atoms with van der Waals surface area (Å²) in [6.45, 7) is 10.5. The Kier molecular flexibility index (Phi) is 4.79. The van der Waals surface area contributed by atoms with Crippen LogP contribution in [0, 0.1) is 0 Å². The van der Waals surface area contributed by atoms with E-state index in [9.17, 15) is 0 Å². The maximum atomic E-state index is 2.59. The topological polar surface area (TPSA) is 6.48 Å². The zero-order valence-electron chi connectivity index (χ0n) is 12.1. The van der Waals surface area contributed by atoms with Crippen LogP contribution in [0.3, 0.4) is 0 Å². The Labute approximate surface area is 112 Å². The van der Waals surface area contributed by atoms with Gasteiger partial charge in [0.2, 0.25) is 0 Å². The van der Waals surface area contributed by atoms with Gasteiger partial charge in [-0.1, -0.05) is 32.0 Å². The SMILES string of the molecule is CCc1cccc(CN2CCN(C)CC2)c1CC. The number of hydrogen-bond acceptors (Lipinski definition) is 2. The molecule has 2 heteroatoms. The van der Waals surface area contributed by atoms with Crippen LogP contribution in [0.2, 0.25) is 0 Å². The van der Waals surface area contributed by atoms with Gasteiger partial charge in [-0.25, -0.2) is 0 Å². The molecule has 0 aromatic heterocycles. The van der Waals surface area contributed by atoms with Crippen LogP contribution in [0.15, 0.2) is 18.2 Å². The van der Waals surface area contributed by atoms with E-state index in [2.05, 4.69) is 48.9 Å². The average Bonchev–Trinajstić information content (AvgIpc) is 2.41. The molecule has 18 heavy (non-hydrogen) atoms. The van der Waals surface area contributed by atoms with E-state index < -0.39 is 0 Å². The van der Waals surface area contributed by atoms with E-state index in [1.54, 1.807) is 11.1 Å². The molecular formula is C16H26N2. The van der Waals surface area contributed by atoms with Crippen LogP contribution < -0.4 is 0 Å². The molecule has 2 nitrogen and oxygen atoms in total. The van der Waals surface area contributed by atoms with Gasteiger partial charge in [-0.15, -0.1) is 0 Å². The molecule has 100 valence electrons. The Morgan fingerprint density at radius 3 is 2.22 bits per heavy atom. The molecule has 0 atom stereocenters. The molecule has 0 saturated carbocycles. The van der Waals surface area contributed by atoms with Gasteiger partial charge in [0.1, 0.15) is 0 Å². The molecule has 0 N–H and O–H groups in total. The molecule has 0 spiro atoms. The maximum Gasteiger partial charge on any atom is 0.0237 e. The smallest absolute Gasteiger partial charge is 0.0237 e. The van der Waals surface area contributed by atoms with Gasteiger partial charge in [0, 0.05) is 32.7 Å². The molecule has 1 aromatic carbocycles. The van der Waals surface area contributed by atoms with E-state index >= 15 is 0 Å². The van der Waals surface area contributed by atoms with Crippen molar-refractivity contribution in [3.8, 4) is 0 Å². The third kappa shape index (κ3) is 3.12. The summed E-state index contributed by atoms with van der Waals surface area (Å²) >= 11 is 0. The average molecular weight is 246 g/mol. The highest BCUT2D eigenvalue weighted by Crippen LogP contribution is 2.19. The first-order valence-corrected chi connectivity index (χ1v) is 7.25. The van der Waals surface area contributed by atoms with Gasteiger partial charge in [-0.2, -0.15) is 0 Å². The lowest BCUT2D eigenvalue weighted by Gasteiger charge is -2.33. The van der Waals surface area contributed by atoms with Gasteiger partial charge in [-0.05, 0) is 36.6 Å². The molecule has 2 rings (SSSR count). The predicted octanol–water partition coefficient (Wildman–Crippen LogP) is 2.56. The van der Waals surface area contributed by atoms with Crippen LogP contribution in [0.1, 0.15) is 30.5 Å². The molecule has 1 heterocycles. The second-order valence-corrected chi connectivity index (χ2v) is 5.34. The maximum absolute atomic E-state index is 2.59. The molecule has 0 radical (unpaired) electrons. The fourth-order valence-corrected chi connectivity index (χ4v) is 2.87. The molecule has 1 fully saturated rings. The van der Waals surface area contributed by atoms with Crippen LogP contribution in [0.4, 0.5) is 0 Å². The molecule has 1 aromatic rings. The van der Waals surface area contributed by atoms with Gasteiger partial charge in [0.05, 0.1) is 0 Å². The van der Waals surface area contributed by atoms with E-state index in [1.165, 1.54) is 31.7 Å². The van der Waals surface area contributed by atoms with Crippen molar-refractivity contribution >= 4 is 0 Å². The summed E-state index contributed by atoms with van der Waals surface area (Å²) in [5, 5.41) is 0. The van der Waals surface area contributed by atoms with E-state index in [1.807, 2.05) is 0 Å². The van der Waals surface area contributed by atoms with Gasteiger partial charge in [0.15, 0.2) is 0 Å². The molecule has 1 aliphatic rings. The Balaban J connectivity index is 2.09. The molecule has 0 aliphatic carbocycles. The first kappa shape index (κ1) is 13.6. The molecule has 1 aliphatic heterocycles. The van der Waals surface area contributed by atoms with Crippen LogP contribution >= 0.6 is 0 Å². The number of rotatable bonds is 4. The minimum atomic E-state index is 1.13. The quantitative estimate of drug-likeness (QED) is 0.805. The summed E-state index contributed by atoms with van der Waals surface area (Å²) in [6.07, 6.45) is 2.31. The van der Waals surface area contributed by atoms with Gasteiger partial charge >= 0.3 is 0 Å².